The van der Waals surface area contributed by atoms with Crippen LogP contribution < -0.4 is 10.6 Å². The molecule has 0 spiro atoms. The molecule has 26 heavy (non-hydrogen) atoms. The third-order valence-electron chi connectivity index (χ3n) is 4.72. The molecule has 0 radical (unpaired) electrons. The molecule has 3 aromatic heterocycles. The SMILES string of the molecule is c1cc2c(NC3CCC3)nc(Nc3ccc(-c4cnco4)cc3)nc2[nH]1. The molecule has 130 valence electrons. The summed E-state index contributed by atoms with van der Waals surface area (Å²) in [5.41, 5.74) is 2.71. The first-order valence-corrected chi connectivity index (χ1v) is 8.73. The summed E-state index contributed by atoms with van der Waals surface area (Å²) in [6.07, 6.45) is 8.69. The number of fused-ring (bicyclic) bond motifs is 1. The molecule has 4 aromatic rings. The first-order valence-electron chi connectivity index (χ1n) is 8.73. The lowest BCUT2D eigenvalue weighted by Crippen LogP contribution is -2.27. The first kappa shape index (κ1) is 14.9. The van der Waals surface area contributed by atoms with Crippen molar-refractivity contribution in [3.05, 3.63) is 49.1 Å². The second kappa shape index (κ2) is 6.18. The quantitative estimate of drug-likeness (QED) is 0.498. The molecule has 0 unspecified atom stereocenters. The smallest absolute Gasteiger partial charge is 0.231 e. The van der Waals surface area contributed by atoms with E-state index in [0.717, 1.165) is 33.9 Å². The highest BCUT2D eigenvalue weighted by Crippen LogP contribution is 2.28. The third-order valence-corrected chi connectivity index (χ3v) is 4.72. The minimum atomic E-state index is 0.511. The highest BCUT2D eigenvalue weighted by atomic mass is 16.3. The number of rotatable bonds is 5. The molecule has 1 fully saturated rings. The number of aromatic amines is 1. The van der Waals surface area contributed by atoms with E-state index in [1.807, 2.05) is 36.5 Å². The summed E-state index contributed by atoms with van der Waals surface area (Å²) < 4.78 is 5.32. The molecule has 5 rings (SSSR count). The van der Waals surface area contributed by atoms with Gasteiger partial charge < -0.3 is 20.0 Å². The summed E-state index contributed by atoms with van der Waals surface area (Å²) in [5, 5.41) is 7.83. The van der Waals surface area contributed by atoms with Crippen LogP contribution in [0.15, 0.2) is 53.5 Å². The van der Waals surface area contributed by atoms with Crippen molar-refractivity contribution >= 4 is 28.5 Å². The average molecular weight is 346 g/mol. The number of nitrogens with one attached hydrogen (secondary N) is 3. The van der Waals surface area contributed by atoms with E-state index in [9.17, 15) is 0 Å². The fraction of sp³-hybridized carbons (Fsp3) is 0.211. The fourth-order valence-corrected chi connectivity index (χ4v) is 3.06. The Morgan fingerprint density at radius 3 is 2.69 bits per heavy atom. The molecule has 7 heteroatoms. The Morgan fingerprint density at radius 1 is 1.08 bits per heavy atom. The van der Waals surface area contributed by atoms with Gasteiger partial charge in [-0.25, -0.2) is 4.98 Å². The Balaban J connectivity index is 1.41. The number of H-pyrrole nitrogens is 1. The lowest BCUT2D eigenvalue weighted by atomic mass is 9.93. The molecule has 1 aliphatic rings. The summed E-state index contributed by atoms with van der Waals surface area (Å²) in [4.78, 5) is 16.4. The van der Waals surface area contributed by atoms with Gasteiger partial charge in [-0.3, -0.25) is 0 Å². The predicted molar refractivity (Wildman–Crippen MR) is 100 cm³/mol. The molecule has 3 heterocycles. The normalized spacial score (nSPS) is 14.3. The number of hydrogen-bond acceptors (Lipinski definition) is 6. The minimum Gasteiger partial charge on any atom is -0.444 e. The molecule has 1 aliphatic carbocycles. The van der Waals surface area contributed by atoms with Crippen molar-refractivity contribution in [2.75, 3.05) is 10.6 Å². The van der Waals surface area contributed by atoms with Gasteiger partial charge in [-0.05, 0) is 49.6 Å². The maximum absolute atomic E-state index is 5.32. The predicted octanol–water partition coefficient (Wildman–Crippen LogP) is 4.32. The van der Waals surface area contributed by atoms with Gasteiger partial charge in [0.25, 0.3) is 0 Å². The lowest BCUT2D eigenvalue weighted by Gasteiger charge is -2.27. The van der Waals surface area contributed by atoms with Crippen molar-refractivity contribution in [1.82, 2.24) is 19.9 Å². The number of hydrogen-bond donors (Lipinski definition) is 3. The van der Waals surface area contributed by atoms with Gasteiger partial charge in [-0.2, -0.15) is 9.97 Å². The standard InChI is InChI=1S/C19H18N6O/c1-2-13(3-1)22-18-15-8-9-21-17(15)24-19(25-18)23-14-6-4-12(5-7-14)16-10-20-11-26-16/h4-11,13H,1-3H2,(H3,21,22,23,24,25). The van der Waals surface area contributed by atoms with E-state index >= 15 is 0 Å². The zero-order valence-corrected chi connectivity index (χ0v) is 14.1. The van der Waals surface area contributed by atoms with E-state index in [-0.39, 0.29) is 0 Å². The Bertz CT molecular complexity index is 1020. The van der Waals surface area contributed by atoms with Crippen LogP contribution in [-0.2, 0) is 0 Å². The van der Waals surface area contributed by atoms with E-state index in [0.29, 0.717) is 12.0 Å². The number of benzene rings is 1. The van der Waals surface area contributed by atoms with Gasteiger partial charge in [0.15, 0.2) is 12.2 Å². The van der Waals surface area contributed by atoms with Crippen LogP contribution in [0.25, 0.3) is 22.4 Å². The number of oxazole rings is 1. The monoisotopic (exact) mass is 346 g/mol. The van der Waals surface area contributed by atoms with E-state index in [1.54, 1.807) is 6.20 Å². The zero-order valence-electron chi connectivity index (χ0n) is 14.1. The molecular weight excluding hydrogens is 328 g/mol. The average Bonchev–Trinajstić information content (AvgIpc) is 3.30. The van der Waals surface area contributed by atoms with Crippen LogP contribution in [0.3, 0.4) is 0 Å². The molecule has 3 N–H and O–H groups in total. The van der Waals surface area contributed by atoms with Crippen molar-refractivity contribution < 1.29 is 4.42 Å². The van der Waals surface area contributed by atoms with Crippen LogP contribution in [0, 0.1) is 0 Å². The second-order valence-electron chi connectivity index (χ2n) is 6.48. The largest absolute Gasteiger partial charge is 0.444 e. The Kier molecular flexibility index (Phi) is 3.55. The first-order chi connectivity index (χ1) is 12.8. The lowest BCUT2D eigenvalue weighted by molar-refractivity contribution is 0.445. The maximum Gasteiger partial charge on any atom is 0.231 e. The van der Waals surface area contributed by atoms with Crippen molar-refractivity contribution in [2.24, 2.45) is 0 Å². The number of nitrogens with zero attached hydrogens (tertiary/aromatic N) is 3. The molecule has 0 bridgehead atoms. The molecule has 7 nitrogen and oxygen atoms in total. The van der Waals surface area contributed by atoms with Crippen molar-refractivity contribution in [3.63, 3.8) is 0 Å². The molecule has 1 aromatic carbocycles. The molecule has 0 aliphatic heterocycles. The second-order valence-corrected chi connectivity index (χ2v) is 6.48. The number of aromatic nitrogens is 4. The summed E-state index contributed by atoms with van der Waals surface area (Å²) in [7, 11) is 0. The van der Waals surface area contributed by atoms with Crippen LogP contribution >= 0.6 is 0 Å². The molecular formula is C19H18N6O. The van der Waals surface area contributed by atoms with Crippen LogP contribution in [0.2, 0.25) is 0 Å². The fourth-order valence-electron chi connectivity index (χ4n) is 3.06. The van der Waals surface area contributed by atoms with E-state index in [1.165, 1.54) is 25.7 Å². The van der Waals surface area contributed by atoms with Crippen molar-refractivity contribution in [1.29, 1.82) is 0 Å². The van der Waals surface area contributed by atoms with Gasteiger partial charge in [-0.1, -0.05) is 0 Å². The van der Waals surface area contributed by atoms with Gasteiger partial charge in [0.05, 0.1) is 11.6 Å². The molecule has 0 amide bonds. The van der Waals surface area contributed by atoms with Crippen LogP contribution in [-0.4, -0.2) is 26.0 Å². The van der Waals surface area contributed by atoms with Crippen LogP contribution in [0.5, 0.6) is 0 Å². The molecule has 0 atom stereocenters. The summed E-state index contributed by atoms with van der Waals surface area (Å²) in [6.45, 7) is 0. The summed E-state index contributed by atoms with van der Waals surface area (Å²) in [6, 6.07) is 10.4. The highest BCUT2D eigenvalue weighted by Gasteiger charge is 2.19. The summed E-state index contributed by atoms with van der Waals surface area (Å²) in [5.74, 6) is 2.18. The van der Waals surface area contributed by atoms with Crippen molar-refractivity contribution in [3.8, 4) is 11.3 Å². The van der Waals surface area contributed by atoms with Crippen LogP contribution in [0.4, 0.5) is 17.5 Å². The van der Waals surface area contributed by atoms with Gasteiger partial charge in [0.2, 0.25) is 5.95 Å². The maximum atomic E-state index is 5.32. The number of anilines is 3. The minimum absolute atomic E-state index is 0.511. The third kappa shape index (κ3) is 2.77. The summed E-state index contributed by atoms with van der Waals surface area (Å²) >= 11 is 0. The van der Waals surface area contributed by atoms with E-state index in [4.69, 9.17) is 4.42 Å². The zero-order chi connectivity index (χ0) is 17.3. The highest BCUT2D eigenvalue weighted by molar-refractivity contribution is 5.88. The van der Waals surface area contributed by atoms with Gasteiger partial charge >= 0.3 is 0 Å². The van der Waals surface area contributed by atoms with E-state index in [2.05, 4.69) is 30.6 Å². The van der Waals surface area contributed by atoms with Crippen LogP contribution in [0.1, 0.15) is 19.3 Å². The topological polar surface area (TPSA) is 91.7 Å². The van der Waals surface area contributed by atoms with Gasteiger partial charge in [0, 0.05) is 23.5 Å². The Hall–Kier alpha value is -3.35. The molecule has 0 saturated heterocycles. The van der Waals surface area contributed by atoms with E-state index < -0.39 is 0 Å². The molecule has 1 saturated carbocycles. The van der Waals surface area contributed by atoms with Gasteiger partial charge in [-0.15, -0.1) is 0 Å². The van der Waals surface area contributed by atoms with Crippen molar-refractivity contribution in [2.45, 2.75) is 25.3 Å². The van der Waals surface area contributed by atoms with Gasteiger partial charge in [0.1, 0.15) is 11.5 Å². The Morgan fingerprint density at radius 2 is 1.96 bits per heavy atom. The Labute approximate surface area is 149 Å².